The molecule has 0 saturated carbocycles. The predicted molar refractivity (Wildman–Crippen MR) is 73.6 cm³/mol. The number of nitrogen functional groups attached to an aromatic ring is 1. The van der Waals surface area contributed by atoms with Gasteiger partial charge >= 0.3 is 0 Å². The minimum absolute atomic E-state index is 0.866. The molecular weight excluding hydrogens is 224 g/mol. The Labute approximate surface area is 107 Å². The van der Waals surface area contributed by atoms with Gasteiger partial charge in [0, 0.05) is 43.4 Å². The van der Waals surface area contributed by atoms with Crippen LogP contribution in [0, 0.1) is 0 Å². The van der Waals surface area contributed by atoms with E-state index in [4.69, 9.17) is 5.73 Å². The van der Waals surface area contributed by atoms with E-state index in [-0.39, 0.29) is 0 Å². The maximum Gasteiger partial charge on any atom is 0.0946 e. The van der Waals surface area contributed by atoms with Crippen molar-refractivity contribution < 1.29 is 0 Å². The molecule has 0 spiro atoms. The second-order valence-corrected chi connectivity index (χ2v) is 4.78. The number of nitrogens with zero attached hydrogens (tertiary/aromatic N) is 3. The number of hydrogen-bond donors (Lipinski definition) is 1. The highest BCUT2D eigenvalue weighted by molar-refractivity contribution is 5.61. The normalized spacial score (nSPS) is 14.6. The summed E-state index contributed by atoms with van der Waals surface area (Å²) < 4.78 is 2.12. The van der Waals surface area contributed by atoms with Gasteiger partial charge in [-0.2, -0.15) is 0 Å². The van der Waals surface area contributed by atoms with Gasteiger partial charge in [-0.1, -0.05) is 0 Å². The molecule has 4 heteroatoms. The maximum absolute atomic E-state index is 5.85. The molecule has 0 unspecified atom stereocenters. The molecule has 3 rings (SSSR count). The van der Waals surface area contributed by atoms with Gasteiger partial charge in [0.2, 0.25) is 0 Å². The number of benzene rings is 1. The molecule has 2 heterocycles. The molecular formula is C14H18N4. The van der Waals surface area contributed by atoms with Crippen LogP contribution in [0.1, 0.15) is 12.0 Å². The highest BCUT2D eigenvalue weighted by atomic mass is 15.2. The van der Waals surface area contributed by atoms with Gasteiger partial charge in [0.15, 0.2) is 0 Å². The smallest absolute Gasteiger partial charge is 0.0946 e. The van der Waals surface area contributed by atoms with Gasteiger partial charge in [-0.15, -0.1) is 0 Å². The topological polar surface area (TPSA) is 47.1 Å². The van der Waals surface area contributed by atoms with Crippen molar-refractivity contribution in [3.05, 3.63) is 42.5 Å². The van der Waals surface area contributed by atoms with E-state index in [9.17, 15) is 0 Å². The zero-order valence-corrected chi connectivity index (χ0v) is 10.4. The number of nitrogens with two attached hydrogens (primary N) is 1. The molecule has 4 nitrogen and oxygen atoms in total. The second-order valence-electron chi connectivity index (χ2n) is 4.78. The average molecular weight is 242 g/mol. The van der Waals surface area contributed by atoms with Gasteiger partial charge in [0.05, 0.1) is 6.33 Å². The molecule has 18 heavy (non-hydrogen) atoms. The van der Waals surface area contributed by atoms with E-state index in [1.54, 1.807) is 0 Å². The van der Waals surface area contributed by atoms with E-state index in [2.05, 4.69) is 26.6 Å². The number of aromatic nitrogens is 2. The molecule has 0 saturated heterocycles. The molecule has 0 radical (unpaired) electrons. The Morgan fingerprint density at radius 1 is 1.28 bits per heavy atom. The lowest BCUT2D eigenvalue weighted by atomic mass is 10.0. The summed E-state index contributed by atoms with van der Waals surface area (Å²) in [6, 6.07) is 6.25. The minimum atomic E-state index is 0.866. The third-order valence-electron chi connectivity index (χ3n) is 3.51. The Kier molecular flexibility index (Phi) is 2.92. The van der Waals surface area contributed by atoms with Crippen molar-refractivity contribution in [1.82, 2.24) is 9.55 Å². The van der Waals surface area contributed by atoms with Crippen LogP contribution >= 0.6 is 0 Å². The van der Waals surface area contributed by atoms with E-state index in [0.29, 0.717) is 0 Å². The first kappa shape index (κ1) is 11.1. The zero-order valence-electron chi connectivity index (χ0n) is 10.4. The summed E-state index contributed by atoms with van der Waals surface area (Å²) in [5.41, 5.74) is 9.44. The minimum Gasteiger partial charge on any atom is -0.399 e. The number of rotatable bonds is 3. The van der Waals surface area contributed by atoms with E-state index >= 15 is 0 Å². The molecule has 94 valence electrons. The quantitative estimate of drug-likeness (QED) is 0.836. The first-order valence-corrected chi connectivity index (χ1v) is 6.42. The van der Waals surface area contributed by atoms with Gasteiger partial charge in [0.1, 0.15) is 0 Å². The van der Waals surface area contributed by atoms with Crippen LogP contribution in [0.4, 0.5) is 11.4 Å². The van der Waals surface area contributed by atoms with Crippen LogP contribution in [-0.2, 0) is 13.0 Å². The van der Waals surface area contributed by atoms with Crippen LogP contribution in [0.2, 0.25) is 0 Å². The van der Waals surface area contributed by atoms with Crippen molar-refractivity contribution in [2.75, 3.05) is 23.7 Å². The Hall–Kier alpha value is -1.97. The fraction of sp³-hybridized carbons (Fsp3) is 0.357. The van der Waals surface area contributed by atoms with Crippen LogP contribution in [0.25, 0.3) is 0 Å². The molecule has 0 amide bonds. The number of fused-ring (bicyclic) bond motifs is 1. The van der Waals surface area contributed by atoms with Gasteiger partial charge in [-0.3, -0.25) is 0 Å². The molecule has 0 aliphatic carbocycles. The molecule has 0 fully saturated rings. The lowest BCUT2D eigenvalue weighted by Crippen LogP contribution is -2.32. The van der Waals surface area contributed by atoms with Gasteiger partial charge in [-0.05, 0) is 36.6 Å². The van der Waals surface area contributed by atoms with Crippen LogP contribution in [0.5, 0.6) is 0 Å². The van der Waals surface area contributed by atoms with Crippen molar-refractivity contribution in [2.45, 2.75) is 19.4 Å². The Balaban J connectivity index is 1.75. The van der Waals surface area contributed by atoms with Crippen molar-refractivity contribution in [1.29, 1.82) is 0 Å². The molecule has 1 aliphatic heterocycles. The monoisotopic (exact) mass is 242 g/mol. The largest absolute Gasteiger partial charge is 0.399 e. The summed E-state index contributed by atoms with van der Waals surface area (Å²) in [6.45, 7) is 3.13. The molecule has 1 aromatic heterocycles. The fourth-order valence-corrected chi connectivity index (χ4v) is 2.58. The fourth-order valence-electron chi connectivity index (χ4n) is 2.58. The summed E-state index contributed by atoms with van der Waals surface area (Å²) in [5, 5.41) is 0. The average Bonchev–Trinajstić information content (AvgIpc) is 2.89. The highest BCUT2D eigenvalue weighted by Crippen LogP contribution is 2.28. The van der Waals surface area contributed by atoms with E-state index in [0.717, 1.165) is 31.7 Å². The first-order valence-electron chi connectivity index (χ1n) is 6.42. The molecule has 1 aromatic carbocycles. The molecule has 2 aromatic rings. The number of hydrogen-bond acceptors (Lipinski definition) is 3. The summed E-state index contributed by atoms with van der Waals surface area (Å²) in [4.78, 5) is 6.51. The van der Waals surface area contributed by atoms with Crippen LogP contribution < -0.4 is 10.6 Å². The number of imidazole rings is 1. The third-order valence-corrected chi connectivity index (χ3v) is 3.51. The maximum atomic E-state index is 5.85. The van der Waals surface area contributed by atoms with Crippen LogP contribution in [-0.4, -0.2) is 22.6 Å². The van der Waals surface area contributed by atoms with Crippen molar-refractivity contribution >= 4 is 11.4 Å². The number of anilines is 2. The van der Waals surface area contributed by atoms with Crippen LogP contribution in [0.3, 0.4) is 0 Å². The van der Waals surface area contributed by atoms with Crippen LogP contribution in [0.15, 0.2) is 36.9 Å². The molecule has 2 N–H and O–H groups in total. The Morgan fingerprint density at radius 2 is 2.22 bits per heavy atom. The third kappa shape index (κ3) is 2.18. The van der Waals surface area contributed by atoms with E-state index in [1.807, 2.05) is 24.8 Å². The highest BCUT2D eigenvalue weighted by Gasteiger charge is 2.16. The lowest BCUT2D eigenvalue weighted by Gasteiger charge is -2.31. The van der Waals surface area contributed by atoms with E-state index < -0.39 is 0 Å². The van der Waals surface area contributed by atoms with Crippen molar-refractivity contribution in [3.8, 4) is 0 Å². The van der Waals surface area contributed by atoms with Gasteiger partial charge in [-0.25, -0.2) is 4.98 Å². The Bertz CT molecular complexity index is 519. The van der Waals surface area contributed by atoms with Gasteiger partial charge < -0.3 is 15.2 Å². The van der Waals surface area contributed by atoms with Crippen molar-refractivity contribution in [3.63, 3.8) is 0 Å². The SMILES string of the molecule is Nc1ccc2c(c1)CCCN2CCn1ccnc1. The van der Waals surface area contributed by atoms with Crippen molar-refractivity contribution in [2.24, 2.45) is 0 Å². The summed E-state index contributed by atoms with van der Waals surface area (Å²) in [7, 11) is 0. The summed E-state index contributed by atoms with van der Waals surface area (Å²) >= 11 is 0. The second kappa shape index (κ2) is 4.72. The zero-order chi connectivity index (χ0) is 12.4. The molecule has 0 atom stereocenters. The van der Waals surface area contributed by atoms with Gasteiger partial charge in [0.25, 0.3) is 0 Å². The summed E-state index contributed by atoms with van der Waals surface area (Å²) in [5.74, 6) is 0. The molecule has 1 aliphatic rings. The molecule has 0 bridgehead atoms. The lowest BCUT2D eigenvalue weighted by molar-refractivity contribution is 0.622. The first-order chi connectivity index (χ1) is 8.83. The van der Waals surface area contributed by atoms with E-state index in [1.165, 1.54) is 17.7 Å². The number of aryl methyl sites for hydroxylation is 1. The summed E-state index contributed by atoms with van der Waals surface area (Å²) in [6.07, 6.45) is 8.05. The Morgan fingerprint density at radius 3 is 3.06 bits per heavy atom. The standard InChI is InChI=1S/C14H18N4/c15-13-3-4-14-12(10-13)2-1-6-18(14)9-8-17-7-5-16-11-17/h3-5,7,10-11H,1-2,6,8-9,15H2. The predicted octanol–water partition coefficient (Wildman–Crippen LogP) is 1.92.